The normalized spacial score (nSPS) is 22.4. The van der Waals surface area contributed by atoms with Gasteiger partial charge in [-0.1, -0.05) is 6.92 Å². The predicted octanol–water partition coefficient (Wildman–Crippen LogP) is 1.74. The molecule has 2 heterocycles. The zero-order valence-corrected chi connectivity index (χ0v) is 12.1. The molecule has 1 aliphatic rings. The summed E-state index contributed by atoms with van der Waals surface area (Å²) in [4.78, 5) is 6.18. The van der Waals surface area contributed by atoms with Crippen molar-refractivity contribution in [1.82, 2.24) is 9.88 Å². The van der Waals surface area contributed by atoms with Gasteiger partial charge in [-0.2, -0.15) is 0 Å². The average molecular weight is 282 g/mol. The molecule has 1 aromatic rings. The monoisotopic (exact) mass is 282 g/mol. The summed E-state index contributed by atoms with van der Waals surface area (Å²) in [5.74, 6) is -0.386. The fourth-order valence-electron chi connectivity index (χ4n) is 2.58. The van der Waals surface area contributed by atoms with Crippen molar-refractivity contribution in [3.05, 3.63) is 29.8 Å². The molecule has 112 valence electrons. The number of aromatic nitrogens is 1. The van der Waals surface area contributed by atoms with Crippen molar-refractivity contribution in [3.8, 4) is 0 Å². The van der Waals surface area contributed by atoms with Crippen LogP contribution in [0.4, 0.5) is 4.39 Å². The maximum Gasteiger partial charge on any atom is 0.141 e. The number of rotatable bonds is 4. The van der Waals surface area contributed by atoms with Crippen molar-refractivity contribution in [2.75, 3.05) is 19.6 Å². The second-order valence-corrected chi connectivity index (χ2v) is 6.12. The van der Waals surface area contributed by atoms with Crippen molar-refractivity contribution in [2.24, 2.45) is 5.92 Å². The summed E-state index contributed by atoms with van der Waals surface area (Å²) >= 11 is 0. The first-order valence-electron chi connectivity index (χ1n) is 7.12. The van der Waals surface area contributed by atoms with Gasteiger partial charge >= 0.3 is 0 Å². The molecule has 4 nitrogen and oxygen atoms in total. The lowest BCUT2D eigenvalue weighted by Gasteiger charge is -2.37. The fraction of sp³-hybridized carbons (Fsp3) is 0.667. The van der Waals surface area contributed by atoms with Gasteiger partial charge in [0.25, 0.3) is 0 Å². The lowest BCUT2D eigenvalue weighted by molar-refractivity contribution is -0.0149. The van der Waals surface area contributed by atoms with Crippen LogP contribution in [0.15, 0.2) is 18.3 Å². The van der Waals surface area contributed by atoms with E-state index in [0.29, 0.717) is 5.69 Å². The van der Waals surface area contributed by atoms with Gasteiger partial charge in [0.1, 0.15) is 5.82 Å². The summed E-state index contributed by atoms with van der Waals surface area (Å²) in [6.07, 6.45) is 1.94. The fourth-order valence-corrected chi connectivity index (χ4v) is 2.58. The van der Waals surface area contributed by atoms with E-state index in [9.17, 15) is 14.6 Å². The summed E-state index contributed by atoms with van der Waals surface area (Å²) in [7, 11) is 0. The number of nitrogens with zero attached hydrogens (tertiary/aromatic N) is 2. The maximum atomic E-state index is 12.8. The molecule has 2 N–H and O–H groups in total. The minimum Gasteiger partial charge on any atom is -0.390 e. The van der Waals surface area contributed by atoms with Gasteiger partial charge in [0.05, 0.1) is 23.6 Å². The molecule has 1 aromatic heterocycles. The summed E-state index contributed by atoms with van der Waals surface area (Å²) in [6, 6.07) is 2.84. The van der Waals surface area contributed by atoms with Crippen molar-refractivity contribution in [1.29, 1.82) is 0 Å². The van der Waals surface area contributed by atoms with Crippen molar-refractivity contribution >= 4 is 0 Å². The van der Waals surface area contributed by atoms with Gasteiger partial charge in [0.15, 0.2) is 0 Å². The van der Waals surface area contributed by atoms with Gasteiger partial charge in [0.2, 0.25) is 0 Å². The average Bonchev–Trinajstić information content (AvgIpc) is 2.41. The Morgan fingerprint density at radius 2 is 2.05 bits per heavy atom. The van der Waals surface area contributed by atoms with Gasteiger partial charge in [0, 0.05) is 25.6 Å². The van der Waals surface area contributed by atoms with Crippen molar-refractivity contribution < 1.29 is 14.6 Å². The molecule has 1 saturated heterocycles. The number of likely N-dealkylation sites (tertiary alicyclic amines) is 1. The molecular formula is C15H23FN2O2. The largest absolute Gasteiger partial charge is 0.390 e. The van der Waals surface area contributed by atoms with Crippen molar-refractivity contribution in [2.45, 2.75) is 38.4 Å². The van der Waals surface area contributed by atoms with E-state index in [2.05, 4.69) is 9.88 Å². The van der Waals surface area contributed by atoms with Crippen LogP contribution in [0, 0.1) is 11.7 Å². The quantitative estimate of drug-likeness (QED) is 0.883. The number of aliphatic hydroxyl groups is 2. The lowest BCUT2D eigenvalue weighted by Crippen LogP contribution is -2.44. The van der Waals surface area contributed by atoms with E-state index in [-0.39, 0.29) is 5.92 Å². The second kappa shape index (κ2) is 6.16. The lowest BCUT2D eigenvalue weighted by atomic mass is 9.92. The van der Waals surface area contributed by atoms with E-state index in [4.69, 9.17) is 0 Å². The molecule has 0 saturated carbocycles. The summed E-state index contributed by atoms with van der Waals surface area (Å²) < 4.78 is 12.8. The van der Waals surface area contributed by atoms with Crippen LogP contribution < -0.4 is 0 Å². The molecule has 2 atom stereocenters. The first-order valence-corrected chi connectivity index (χ1v) is 7.12. The third-order valence-electron chi connectivity index (χ3n) is 4.07. The van der Waals surface area contributed by atoms with Crippen LogP contribution in [-0.2, 0) is 0 Å². The highest BCUT2D eigenvalue weighted by atomic mass is 19.1. The Bertz CT molecular complexity index is 426. The Morgan fingerprint density at radius 3 is 2.60 bits per heavy atom. The molecule has 5 heteroatoms. The van der Waals surface area contributed by atoms with Crippen LogP contribution in [0.3, 0.4) is 0 Å². The van der Waals surface area contributed by atoms with E-state index in [0.717, 1.165) is 38.7 Å². The summed E-state index contributed by atoms with van der Waals surface area (Å²) in [5, 5.41) is 20.2. The molecule has 0 aromatic carbocycles. The van der Waals surface area contributed by atoms with Gasteiger partial charge < -0.3 is 15.1 Å². The molecule has 0 bridgehead atoms. The van der Waals surface area contributed by atoms with E-state index in [1.807, 2.05) is 13.8 Å². The molecule has 0 spiro atoms. The molecule has 2 unspecified atom stereocenters. The molecule has 20 heavy (non-hydrogen) atoms. The molecule has 1 fully saturated rings. The van der Waals surface area contributed by atoms with Gasteiger partial charge in [-0.05, 0) is 31.9 Å². The number of halogens is 1. The van der Waals surface area contributed by atoms with Gasteiger partial charge in [-0.25, -0.2) is 4.39 Å². The van der Waals surface area contributed by atoms with Crippen LogP contribution >= 0.6 is 0 Å². The van der Waals surface area contributed by atoms with E-state index >= 15 is 0 Å². The van der Waals surface area contributed by atoms with Crippen LogP contribution in [0.25, 0.3) is 0 Å². The standard InChI is InChI=1S/C15H23FN2O2/c1-11(10-18-7-5-15(2,20)6-8-18)14(19)13-4-3-12(16)9-17-13/h3-4,9,11,14,19-20H,5-8,10H2,1-2H3. The van der Waals surface area contributed by atoms with E-state index in [1.54, 1.807) is 0 Å². The zero-order valence-electron chi connectivity index (χ0n) is 12.1. The predicted molar refractivity (Wildman–Crippen MR) is 74.6 cm³/mol. The van der Waals surface area contributed by atoms with Crippen LogP contribution in [0.5, 0.6) is 0 Å². The molecule has 0 radical (unpaired) electrons. The number of aliphatic hydroxyl groups excluding tert-OH is 1. The Morgan fingerprint density at radius 1 is 1.40 bits per heavy atom. The highest BCUT2D eigenvalue weighted by Gasteiger charge is 2.29. The molecule has 1 aliphatic heterocycles. The third kappa shape index (κ3) is 3.98. The van der Waals surface area contributed by atoms with Crippen LogP contribution in [0.1, 0.15) is 38.5 Å². The van der Waals surface area contributed by atoms with Crippen LogP contribution in [-0.4, -0.2) is 45.3 Å². The Hall–Kier alpha value is -1.04. The van der Waals surface area contributed by atoms with E-state index in [1.165, 1.54) is 12.1 Å². The molecule has 0 aliphatic carbocycles. The maximum absolute atomic E-state index is 12.8. The second-order valence-electron chi connectivity index (χ2n) is 6.12. The summed E-state index contributed by atoms with van der Waals surface area (Å²) in [5.41, 5.74) is -0.0560. The first-order chi connectivity index (χ1) is 9.37. The Labute approximate surface area is 119 Å². The highest BCUT2D eigenvalue weighted by molar-refractivity contribution is 5.09. The SMILES string of the molecule is CC(CN1CCC(C)(O)CC1)C(O)c1ccc(F)cn1. The smallest absolute Gasteiger partial charge is 0.141 e. The topological polar surface area (TPSA) is 56.6 Å². The number of piperidine rings is 1. The van der Waals surface area contributed by atoms with Gasteiger partial charge in [-0.15, -0.1) is 0 Å². The zero-order chi connectivity index (χ0) is 14.8. The minimum atomic E-state index is -0.696. The summed E-state index contributed by atoms with van der Waals surface area (Å²) in [6.45, 7) is 6.24. The molecule has 2 rings (SSSR count). The number of pyridine rings is 1. The highest BCUT2D eigenvalue weighted by Crippen LogP contribution is 2.25. The first kappa shape index (κ1) is 15.4. The minimum absolute atomic E-state index is 0.0102. The van der Waals surface area contributed by atoms with Gasteiger partial charge in [-0.3, -0.25) is 4.98 Å². The Balaban J connectivity index is 1.88. The number of hydrogen-bond acceptors (Lipinski definition) is 4. The van der Waals surface area contributed by atoms with Crippen LogP contribution in [0.2, 0.25) is 0 Å². The Kier molecular flexibility index (Phi) is 4.73. The molecular weight excluding hydrogens is 259 g/mol. The third-order valence-corrected chi connectivity index (χ3v) is 4.07. The molecule has 0 amide bonds. The van der Waals surface area contributed by atoms with E-state index < -0.39 is 17.5 Å². The number of hydrogen-bond donors (Lipinski definition) is 2. The van der Waals surface area contributed by atoms with Crippen molar-refractivity contribution in [3.63, 3.8) is 0 Å².